The van der Waals surface area contributed by atoms with Gasteiger partial charge in [0.25, 0.3) is 5.91 Å². The van der Waals surface area contributed by atoms with Crippen molar-refractivity contribution in [3.05, 3.63) is 163 Å². The van der Waals surface area contributed by atoms with E-state index in [2.05, 4.69) is 49.6 Å². The Labute approximate surface area is 254 Å². The maximum Gasteiger partial charge on any atom is 0.411 e. The summed E-state index contributed by atoms with van der Waals surface area (Å²) in [5.41, 5.74) is 0.886. The number of fused-ring (bicyclic) bond motifs is 1. The van der Waals surface area contributed by atoms with Gasteiger partial charge in [-0.1, -0.05) is 121 Å². The Balaban J connectivity index is 1.89. The fourth-order valence-corrected chi connectivity index (χ4v) is 6.30. The minimum atomic E-state index is -1.43. The topological polar surface area (TPSA) is 49.9 Å². The van der Waals surface area contributed by atoms with E-state index in [0.29, 0.717) is 11.3 Å². The van der Waals surface area contributed by atoms with Crippen molar-refractivity contribution in [2.45, 2.75) is 43.9 Å². The first kappa shape index (κ1) is 29.6. The quantitative estimate of drug-likeness (QED) is 0.150. The fourth-order valence-electron chi connectivity index (χ4n) is 6.30. The number of hydrogen-bond acceptors (Lipinski definition) is 3. The third-order valence-electron chi connectivity index (χ3n) is 7.88. The predicted molar refractivity (Wildman–Crippen MR) is 173 cm³/mol. The van der Waals surface area contributed by atoms with Crippen LogP contribution in [0.2, 0.25) is 0 Å². The first-order valence-corrected chi connectivity index (χ1v) is 14.5. The maximum atomic E-state index is 15.6. The number of carbonyl (C=O) groups is 2. The molecule has 4 aromatic carbocycles. The number of benzene rings is 4. The highest BCUT2D eigenvalue weighted by Gasteiger charge is 2.61. The van der Waals surface area contributed by atoms with Crippen molar-refractivity contribution in [2.24, 2.45) is 0 Å². The van der Waals surface area contributed by atoms with Crippen LogP contribution in [0.25, 0.3) is 0 Å². The molecule has 4 aromatic rings. The highest BCUT2D eigenvalue weighted by Crippen LogP contribution is 2.55. The molecule has 1 atom stereocenters. The van der Waals surface area contributed by atoms with Crippen LogP contribution < -0.4 is 4.90 Å². The van der Waals surface area contributed by atoms with Gasteiger partial charge < -0.3 is 4.74 Å². The van der Waals surface area contributed by atoms with Crippen LogP contribution in [0.3, 0.4) is 0 Å². The standard InChI is InChI=1S/C38H38N2O3/c1-6-27-37(39(28-7-2)35(42)43-36(3,4)5)32-25-17-18-26-33(32)40(34(37)41)38(29-19-11-8-12-20-29,30-21-13-9-14-22-30)31-23-15-10-16-24-31/h6-26H,1-2,27-28H2,3-5H3/t37-/m0/s1. The first-order chi connectivity index (χ1) is 20.7. The Kier molecular flexibility index (Phi) is 8.10. The third kappa shape index (κ3) is 4.95. The van der Waals surface area contributed by atoms with E-state index in [9.17, 15) is 4.79 Å². The molecule has 5 heteroatoms. The number of para-hydroxylation sites is 1. The molecule has 0 unspecified atom stereocenters. The summed E-state index contributed by atoms with van der Waals surface area (Å²) in [6.07, 6.45) is 2.92. The van der Waals surface area contributed by atoms with Crippen LogP contribution in [-0.2, 0) is 20.6 Å². The molecule has 1 aliphatic heterocycles. The van der Waals surface area contributed by atoms with Gasteiger partial charge in [0, 0.05) is 18.5 Å². The van der Waals surface area contributed by atoms with Crippen LogP contribution in [-0.4, -0.2) is 29.0 Å². The number of ether oxygens (including phenoxy) is 1. The number of nitrogens with zero attached hydrogens (tertiary/aromatic N) is 2. The van der Waals surface area contributed by atoms with Gasteiger partial charge in [-0.3, -0.25) is 14.6 Å². The molecule has 43 heavy (non-hydrogen) atoms. The molecular formula is C38H38N2O3. The molecule has 0 fully saturated rings. The lowest BCUT2D eigenvalue weighted by Crippen LogP contribution is -2.60. The smallest absolute Gasteiger partial charge is 0.411 e. The molecule has 1 aliphatic rings. The van der Waals surface area contributed by atoms with Crippen molar-refractivity contribution >= 4 is 17.7 Å². The van der Waals surface area contributed by atoms with Gasteiger partial charge in [0.05, 0.1) is 5.69 Å². The van der Waals surface area contributed by atoms with Crippen molar-refractivity contribution in [1.29, 1.82) is 0 Å². The monoisotopic (exact) mass is 570 g/mol. The molecule has 218 valence electrons. The molecule has 5 nitrogen and oxygen atoms in total. The van der Waals surface area contributed by atoms with Gasteiger partial charge in [0.1, 0.15) is 11.1 Å². The average Bonchev–Trinajstić information content (AvgIpc) is 3.25. The fraction of sp³-hybridized carbons (Fsp3) is 0.211. The lowest BCUT2D eigenvalue weighted by Gasteiger charge is -2.46. The molecule has 0 saturated carbocycles. The van der Waals surface area contributed by atoms with Crippen molar-refractivity contribution in [3.8, 4) is 0 Å². The van der Waals surface area contributed by atoms with Crippen LogP contribution in [0.1, 0.15) is 49.4 Å². The van der Waals surface area contributed by atoms with E-state index >= 15 is 4.79 Å². The number of carbonyl (C=O) groups excluding carboxylic acids is 2. The number of rotatable bonds is 9. The largest absolute Gasteiger partial charge is 0.444 e. The first-order valence-electron chi connectivity index (χ1n) is 14.5. The molecule has 0 radical (unpaired) electrons. The summed E-state index contributed by atoms with van der Waals surface area (Å²) in [4.78, 5) is 33.0. The molecule has 0 aromatic heterocycles. The van der Waals surface area contributed by atoms with Gasteiger partial charge in [-0.2, -0.15) is 0 Å². The third-order valence-corrected chi connectivity index (χ3v) is 7.88. The van der Waals surface area contributed by atoms with Gasteiger partial charge in [0.2, 0.25) is 0 Å². The summed E-state index contributed by atoms with van der Waals surface area (Å²) in [6.45, 7) is 13.5. The van der Waals surface area contributed by atoms with Crippen LogP contribution in [0.5, 0.6) is 0 Å². The van der Waals surface area contributed by atoms with Gasteiger partial charge in [-0.25, -0.2) is 4.79 Å². The Bertz CT molecular complexity index is 1510. The summed E-state index contributed by atoms with van der Waals surface area (Å²) >= 11 is 0. The molecule has 5 rings (SSSR count). The van der Waals surface area contributed by atoms with Gasteiger partial charge in [-0.05, 0) is 43.5 Å². The Morgan fingerprint density at radius 1 is 0.767 bits per heavy atom. The summed E-state index contributed by atoms with van der Waals surface area (Å²) in [5, 5.41) is 0. The zero-order valence-corrected chi connectivity index (χ0v) is 25.1. The summed E-state index contributed by atoms with van der Waals surface area (Å²) in [6, 6.07) is 37.9. The summed E-state index contributed by atoms with van der Waals surface area (Å²) in [5.74, 6) is -0.252. The van der Waals surface area contributed by atoms with E-state index in [1.807, 2.05) is 105 Å². The summed E-state index contributed by atoms with van der Waals surface area (Å²) in [7, 11) is 0. The van der Waals surface area contributed by atoms with Crippen LogP contribution in [0.15, 0.2) is 141 Å². The molecule has 0 saturated heterocycles. The molecule has 2 amide bonds. The minimum absolute atomic E-state index is 0.103. The number of anilines is 1. The Morgan fingerprint density at radius 3 is 1.67 bits per heavy atom. The van der Waals surface area contributed by atoms with Crippen LogP contribution in [0, 0.1) is 0 Å². The van der Waals surface area contributed by atoms with Gasteiger partial charge in [0.15, 0.2) is 5.54 Å². The lowest BCUT2D eigenvalue weighted by atomic mass is 9.75. The normalized spacial score (nSPS) is 16.3. The van der Waals surface area contributed by atoms with Crippen LogP contribution >= 0.6 is 0 Å². The highest BCUT2D eigenvalue weighted by atomic mass is 16.6. The molecule has 0 spiro atoms. The molecule has 0 N–H and O–H groups in total. The highest BCUT2D eigenvalue weighted by molar-refractivity contribution is 6.11. The van der Waals surface area contributed by atoms with Crippen LogP contribution in [0.4, 0.5) is 10.5 Å². The van der Waals surface area contributed by atoms with E-state index in [1.54, 1.807) is 12.2 Å². The van der Waals surface area contributed by atoms with Crippen molar-refractivity contribution in [2.75, 3.05) is 11.4 Å². The number of amides is 2. The van der Waals surface area contributed by atoms with Gasteiger partial charge >= 0.3 is 6.09 Å². The average molecular weight is 571 g/mol. The zero-order chi connectivity index (χ0) is 30.7. The molecule has 0 bridgehead atoms. The lowest BCUT2D eigenvalue weighted by molar-refractivity contribution is -0.130. The second-order valence-electron chi connectivity index (χ2n) is 11.7. The van der Waals surface area contributed by atoms with Gasteiger partial charge in [-0.15, -0.1) is 13.2 Å². The van der Waals surface area contributed by atoms with E-state index < -0.39 is 22.8 Å². The van der Waals surface area contributed by atoms with Crippen molar-refractivity contribution in [3.63, 3.8) is 0 Å². The molecule has 1 heterocycles. The minimum Gasteiger partial charge on any atom is -0.444 e. The van der Waals surface area contributed by atoms with E-state index in [-0.39, 0.29) is 18.9 Å². The summed E-state index contributed by atoms with van der Waals surface area (Å²) < 4.78 is 5.91. The van der Waals surface area contributed by atoms with E-state index in [1.165, 1.54) is 4.90 Å². The second kappa shape index (κ2) is 11.8. The van der Waals surface area contributed by atoms with Crippen molar-refractivity contribution in [1.82, 2.24) is 4.90 Å². The number of hydrogen-bond donors (Lipinski definition) is 0. The van der Waals surface area contributed by atoms with E-state index in [0.717, 1.165) is 16.7 Å². The maximum absolute atomic E-state index is 15.6. The Hall–Kier alpha value is -4.90. The van der Waals surface area contributed by atoms with E-state index in [4.69, 9.17) is 4.74 Å². The molecular weight excluding hydrogens is 532 g/mol. The SMILES string of the molecule is C=CCN(C(=O)OC(C)(C)C)[C@]1(CC=C)C(=O)N(C(c2ccccc2)(c2ccccc2)c2ccccc2)c2ccccc21. The predicted octanol–water partition coefficient (Wildman–Crippen LogP) is 8.22. The Morgan fingerprint density at radius 2 is 1.23 bits per heavy atom. The second-order valence-corrected chi connectivity index (χ2v) is 11.7. The molecule has 0 aliphatic carbocycles. The van der Waals surface area contributed by atoms with Crippen molar-refractivity contribution < 1.29 is 14.3 Å². The zero-order valence-electron chi connectivity index (χ0n) is 25.1.